The Hall–Kier alpha value is -4.51. The first-order valence-electron chi connectivity index (χ1n) is 11.1. The van der Waals surface area contributed by atoms with Crippen LogP contribution in [-0.4, -0.2) is 41.5 Å². The second-order valence-corrected chi connectivity index (χ2v) is 7.49. The Morgan fingerprint density at radius 3 is 2.49 bits per heavy atom. The molecule has 0 aliphatic rings. The minimum atomic E-state index is -1.14. The number of aliphatic carboxylic acids is 1. The zero-order chi connectivity index (χ0) is 27.4. The van der Waals surface area contributed by atoms with E-state index in [9.17, 15) is 9.18 Å². The monoisotopic (exact) mass is 512 g/mol. The molecule has 11 heteroatoms. The summed E-state index contributed by atoms with van der Waals surface area (Å²) < 4.78 is 31.0. The van der Waals surface area contributed by atoms with Gasteiger partial charge in [-0.2, -0.15) is 0 Å². The summed E-state index contributed by atoms with van der Waals surface area (Å²) in [5, 5.41) is 17.9. The fraction of sp³-hybridized carbons (Fsp3) is 0.231. The molecule has 0 saturated carbocycles. The number of carbonyl (C=O) groups is 2. The number of amidine groups is 1. The average molecular weight is 513 g/mol. The molecule has 0 bridgehead atoms. The van der Waals surface area contributed by atoms with Gasteiger partial charge in [0.1, 0.15) is 28.9 Å². The van der Waals surface area contributed by atoms with E-state index in [-0.39, 0.29) is 24.6 Å². The van der Waals surface area contributed by atoms with Gasteiger partial charge in [0.15, 0.2) is 6.10 Å². The number of methoxy groups -OCH3 is 1. The lowest BCUT2D eigenvalue weighted by atomic mass is 10.1. The summed E-state index contributed by atoms with van der Waals surface area (Å²) >= 11 is 0. The highest BCUT2D eigenvalue weighted by Crippen LogP contribution is 2.28. The molecule has 1 atom stereocenters. The van der Waals surface area contributed by atoms with E-state index >= 15 is 0 Å². The van der Waals surface area contributed by atoms with Gasteiger partial charge in [0, 0.05) is 49.0 Å². The number of rotatable bonds is 10. The molecule has 3 aromatic rings. The molecule has 1 amide bonds. The first-order valence-corrected chi connectivity index (χ1v) is 11.1. The molecule has 0 aliphatic heterocycles. The topological polar surface area (TPSA) is 157 Å². The lowest BCUT2D eigenvalue weighted by Crippen LogP contribution is -2.31. The summed E-state index contributed by atoms with van der Waals surface area (Å²) in [5.74, 6) is -0.834. The summed E-state index contributed by atoms with van der Waals surface area (Å²) in [5.41, 5.74) is 6.81. The Bertz CT molecular complexity index is 1220. The van der Waals surface area contributed by atoms with Gasteiger partial charge < -0.3 is 30.4 Å². The van der Waals surface area contributed by atoms with Crippen molar-refractivity contribution >= 4 is 17.7 Å². The van der Waals surface area contributed by atoms with Crippen molar-refractivity contribution in [3.05, 3.63) is 83.4 Å². The predicted molar refractivity (Wildman–Crippen MR) is 134 cm³/mol. The Labute approximate surface area is 213 Å². The normalized spacial score (nSPS) is 10.9. The zero-order valence-corrected chi connectivity index (χ0v) is 20.7. The van der Waals surface area contributed by atoms with E-state index in [4.69, 9.17) is 35.3 Å². The average Bonchev–Trinajstić information content (AvgIpc) is 2.86. The van der Waals surface area contributed by atoms with Crippen LogP contribution < -0.4 is 20.5 Å². The standard InChI is InChI=1S/C24H25FN4O4.C2H4O2/c1-3-32-22(19-9-8-17(31-2)12-20(19)25)24(30)29-13-16-7-6-15(23(26)27)11-21(16)33-18-5-4-10-28-14-18;1-2(3)4/h4-12,14,22H,3,13H2,1-2H3,(H3,26,27)(H,29,30);1H3,(H,3,4). The summed E-state index contributed by atoms with van der Waals surface area (Å²) in [7, 11) is 1.43. The lowest BCUT2D eigenvalue weighted by Gasteiger charge is -2.19. The van der Waals surface area contributed by atoms with Crippen LogP contribution in [0.5, 0.6) is 17.2 Å². The number of nitrogens with two attached hydrogens (primary N) is 1. The van der Waals surface area contributed by atoms with Crippen LogP contribution in [0, 0.1) is 11.2 Å². The highest BCUT2D eigenvalue weighted by Gasteiger charge is 2.25. The number of nitrogen functional groups attached to an aromatic ring is 1. The number of nitrogens with zero attached hydrogens (tertiary/aromatic N) is 1. The molecule has 5 N–H and O–H groups in total. The Morgan fingerprint density at radius 2 is 1.92 bits per heavy atom. The van der Waals surface area contributed by atoms with Crippen LogP contribution in [0.15, 0.2) is 60.9 Å². The van der Waals surface area contributed by atoms with Crippen LogP contribution in [0.3, 0.4) is 0 Å². The molecule has 0 fully saturated rings. The van der Waals surface area contributed by atoms with Crippen LogP contribution in [0.2, 0.25) is 0 Å². The minimum Gasteiger partial charge on any atom is -0.497 e. The van der Waals surface area contributed by atoms with Crippen LogP contribution in [0.1, 0.15) is 36.6 Å². The first-order chi connectivity index (χ1) is 17.7. The smallest absolute Gasteiger partial charge is 0.300 e. The number of amides is 1. The maximum absolute atomic E-state index is 14.6. The van der Waals surface area contributed by atoms with Crippen molar-refractivity contribution in [2.75, 3.05) is 13.7 Å². The summed E-state index contributed by atoms with van der Waals surface area (Å²) in [6.07, 6.45) is 2.02. The van der Waals surface area contributed by atoms with Crippen molar-refractivity contribution in [3.8, 4) is 17.2 Å². The SMILES string of the molecule is CC(=O)O.CCOC(C(=O)NCc1ccc(C(=N)N)cc1Oc1cccnc1)c1ccc(OC)cc1F. The van der Waals surface area contributed by atoms with E-state index in [1.54, 1.807) is 55.7 Å². The van der Waals surface area contributed by atoms with Gasteiger partial charge >= 0.3 is 0 Å². The van der Waals surface area contributed by atoms with Gasteiger partial charge in [-0.3, -0.25) is 20.0 Å². The van der Waals surface area contributed by atoms with E-state index in [1.165, 1.54) is 19.2 Å². The Kier molecular flexibility index (Phi) is 11.0. The molecule has 0 radical (unpaired) electrons. The van der Waals surface area contributed by atoms with Crippen LogP contribution in [0.25, 0.3) is 0 Å². The molecule has 0 spiro atoms. The highest BCUT2D eigenvalue weighted by molar-refractivity contribution is 5.95. The molecule has 1 aromatic heterocycles. The molecular formula is C26H29FN4O6. The molecule has 3 rings (SSSR count). The van der Waals surface area contributed by atoms with Crippen LogP contribution in [0.4, 0.5) is 4.39 Å². The molecule has 0 saturated heterocycles. The maximum Gasteiger partial charge on any atom is 0.300 e. The summed E-state index contributed by atoms with van der Waals surface area (Å²) in [4.78, 5) is 25.9. The van der Waals surface area contributed by atoms with E-state index in [1.807, 2.05) is 0 Å². The number of carboxylic acids is 1. The summed E-state index contributed by atoms with van der Waals surface area (Å²) in [6.45, 7) is 3.10. The van der Waals surface area contributed by atoms with Gasteiger partial charge in [-0.25, -0.2) is 4.39 Å². The van der Waals surface area contributed by atoms with Crippen LogP contribution in [-0.2, 0) is 20.9 Å². The van der Waals surface area contributed by atoms with E-state index in [0.29, 0.717) is 28.4 Å². The number of pyridine rings is 1. The number of nitrogens with one attached hydrogen (secondary N) is 2. The Morgan fingerprint density at radius 1 is 1.19 bits per heavy atom. The van der Waals surface area contributed by atoms with E-state index in [0.717, 1.165) is 6.92 Å². The maximum atomic E-state index is 14.6. The summed E-state index contributed by atoms with van der Waals surface area (Å²) in [6, 6.07) is 12.7. The third-order valence-corrected chi connectivity index (χ3v) is 4.75. The van der Waals surface area contributed by atoms with Crippen molar-refractivity contribution in [3.63, 3.8) is 0 Å². The third kappa shape index (κ3) is 8.89. The van der Waals surface area contributed by atoms with Crippen molar-refractivity contribution in [1.29, 1.82) is 5.41 Å². The van der Waals surface area contributed by atoms with Gasteiger partial charge in [0.25, 0.3) is 11.9 Å². The predicted octanol–water partition coefficient (Wildman–Crippen LogP) is 3.79. The number of carbonyl (C=O) groups excluding carboxylic acids is 1. The van der Waals surface area contributed by atoms with Gasteiger partial charge in [0.05, 0.1) is 13.3 Å². The highest BCUT2D eigenvalue weighted by atomic mass is 19.1. The molecule has 1 unspecified atom stereocenters. The van der Waals surface area contributed by atoms with Gasteiger partial charge in [-0.05, 0) is 37.3 Å². The van der Waals surface area contributed by atoms with Gasteiger partial charge in [-0.1, -0.05) is 12.1 Å². The fourth-order valence-corrected chi connectivity index (χ4v) is 3.09. The van der Waals surface area contributed by atoms with Gasteiger partial charge in [-0.15, -0.1) is 0 Å². The molecule has 2 aromatic carbocycles. The number of aromatic nitrogens is 1. The number of benzene rings is 2. The molecule has 0 aliphatic carbocycles. The molecule has 1 heterocycles. The quantitative estimate of drug-likeness (QED) is 0.236. The minimum absolute atomic E-state index is 0.0773. The van der Waals surface area contributed by atoms with Gasteiger partial charge in [0.2, 0.25) is 0 Å². The largest absolute Gasteiger partial charge is 0.497 e. The van der Waals surface area contributed by atoms with Crippen molar-refractivity contribution in [2.45, 2.75) is 26.5 Å². The third-order valence-electron chi connectivity index (χ3n) is 4.75. The zero-order valence-electron chi connectivity index (χ0n) is 20.7. The number of hydrogen-bond acceptors (Lipinski definition) is 7. The second kappa shape index (κ2) is 14.1. The van der Waals surface area contributed by atoms with Crippen molar-refractivity contribution < 1.29 is 33.3 Å². The molecule has 37 heavy (non-hydrogen) atoms. The number of hydrogen-bond donors (Lipinski definition) is 4. The lowest BCUT2D eigenvalue weighted by molar-refractivity contribution is -0.134. The molecular weight excluding hydrogens is 483 g/mol. The number of carboxylic acid groups (broad SMARTS) is 1. The molecule has 196 valence electrons. The number of ether oxygens (including phenoxy) is 3. The second-order valence-electron chi connectivity index (χ2n) is 7.49. The molecule has 10 nitrogen and oxygen atoms in total. The van der Waals surface area contributed by atoms with Crippen LogP contribution >= 0.6 is 0 Å². The fourth-order valence-electron chi connectivity index (χ4n) is 3.09. The van der Waals surface area contributed by atoms with E-state index in [2.05, 4.69) is 10.3 Å². The van der Waals surface area contributed by atoms with Crippen molar-refractivity contribution in [1.82, 2.24) is 10.3 Å². The van der Waals surface area contributed by atoms with Crippen molar-refractivity contribution in [2.24, 2.45) is 5.73 Å². The Balaban J connectivity index is 0.00000112. The first kappa shape index (κ1) is 28.7. The number of halogens is 1. The van der Waals surface area contributed by atoms with E-state index < -0.39 is 23.8 Å².